The molecule has 1 aliphatic heterocycles. The molecule has 0 spiro atoms. The zero-order valence-corrected chi connectivity index (χ0v) is 13.3. The van der Waals surface area contributed by atoms with Gasteiger partial charge < -0.3 is 15.5 Å². The third kappa shape index (κ3) is 4.11. The van der Waals surface area contributed by atoms with Gasteiger partial charge in [0.1, 0.15) is 0 Å². The lowest BCUT2D eigenvalue weighted by atomic mass is 9.98. The second-order valence-corrected chi connectivity index (χ2v) is 5.77. The van der Waals surface area contributed by atoms with Gasteiger partial charge in [0.05, 0.1) is 0 Å². The van der Waals surface area contributed by atoms with E-state index in [4.69, 9.17) is 11.6 Å². The summed E-state index contributed by atoms with van der Waals surface area (Å²) in [6, 6.07) is 6.62. The Hall–Kier alpha value is -0.770. The molecule has 0 aromatic heterocycles. The first-order chi connectivity index (χ1) is 9.74. The molecule has 3 nitrogen and oxygen atoms in total. The molecule has 20 heavy (non-hydrogen) atoms. The van der Waals surface area contributed by atoms with E-state index in [2.05, 4.69) is 35.4 Å². The second kappa shape index (κ2) is 7.87. The highest BCUT2D eigenvalue weighted by Gasteiger charge is 2.19. The van der Waals surface area contributed by atoms with Gasteiger partial charge in [0.25, 0.3) is 0 Å². The van der Waals surface area contributed by atoms with Gasteiger partial charge in [-0.3, -0.25) is 0 Å². The van der Waals surface area contributed by atoms with Crippen molar-refractivity contribution in [1.82, 2.24) is 10.2 Å². The normalized spacial score (nSPS) is 17.9. The van der Waals surface area contributed by atoms with E-state index in [0.717, 1.165) is 37.6 Å². The summed E-state index contributed by atoms with van der Waals surface area (Å²) < 4.78 is 0. The smallest absolute Gasteiger partial charge is 0.0426 e. The van der Waals surface area contributed by atoms with E-state index in [1.165, 1.54) is 24.2 Å². The minimum absolute atomic E-state index is 0.459. The molecule has 0 fully saturated rings. The summed E-state index contributed by atoms with van der Waals surface area (Å²) in [7, 11) is 0. The molecule has 0 saturated carbocycles. The summed E-state index contributed by atoms with van der Waals surface area (Å²) in [6.45, 7) is 10.0. The highest BCUT2D eigenvalue weighted by molar-refractivity contribution is 6.30. The third-order valence-corrected chi connectivity index (χ3v) is 4.31. The number of nitrogens with zero attached hydrogens (tertiary/aromatic N) is 1. The molecule has 1 atom stereocenters. The maximum atomic E-state index is 6.05. The first-order valence-corrected chi connectivity index (χ1v) is 8.11. The van der Waals surface area contributed by atoms with Crippen LogP contribution in [0.3, 0.4) is 0 Å². The van der Waals surface area contributed by atoms with Gasteiger partial charge in [0.2, 0.25) is 0 Å². The number of anilines is 1. The Balaban J connectivity index is 1.83. The molecule has 4 heteroatoms. The first kappa shape index (κ1) is 15.6. The molecule has 1 heterocycles. The van der Waals surface area contributed by atoms with E-state index < -0.39 is 0 Å². The van der Waals surface area contributed by atoms with Gasteiger partial charge in [0.15, 0.2) is 0 Å². The highest BCUT2D eigenvalue weighted by atomic mass is 35.5. The Morgan fingerprint density at radius 3 is 2.90 bits per heavy atom. The van der Waals surface area contributed by atoms with Crippen LogP contribution in [-0.2, 0) is 0 Å². The van der Waals surface area contributed by atoms with Crippen molar-refractivity contribution < 1.29 is 0 Å². The van der Waals surface area contributed by atoms with Gasteiger partial charge in [-0.05, 0) is 56.7 Å². The first-order valence-electron chi connectivity index (χ1n) is 7.73. The summed E-state index contributed by atoms with van der Waals surface area (Å²) >= 11 is 6.05. The van der Waals surface area contributed by atoms with Crippen molar-refractivity contribution in [2.45, 2.75) is 32.7 Å². The quantitative estimate of drug-likeness (QED) is 0.754. The fourth-order valence-corrected chi connectivity index (χ4v) is 3.00. The van der Waals surface area contributed by atoms with Crippen LogP contribution in [0.1, 0.15) is 38.3 Å². The molecule has 2 rings (SSSR count). The lowest BCUT2D eigenvalue weighted by Gasteiger charge is -2.28. The molecule has 0 amide bonds. The van der Waals surface area contributed by atoms with Crippen molar-refractivity contribution in [2.75, 3.05) is 38.0 Å². The average molecular weight is 296 g/mol. The van der Waals surface area contributed by atoms with Gasteiger partial charge in [-0.15, -0.1) is 0 Å². The second-order valence-electron chi connectivity index (χ2n) is 5.33. The summed E-state index contributed by atoms with van der Waals surface area (Å²) in [4.78, 5) is 2.47. The van der Waals surface area contributed by atoms with Crippen LogP contribution in [0, 0.1) is 0 Å². The third-order valence-electron chi connectivity index (χ3n) is 4.08. The van der Waals surface area contributed by atoms with Crippen molar-refractivity contribution >= 4 is 17.3 Å². The Morgan fingerprint density at radius 2 is 2.15 bits per heavy atom. The summed E-state index contributed by atoms with van der Waals surface area (Å²) in [5, 5.41) is 7.92. The predicted octanol–water partition coefficient (Wildman–Crippen LogP) is 3.52. The van der Waals surface area contributed by atoms with E-state index in [-0.39, 0.29) is 0 Å². The van der Waals surface area contributed by atoms with Crippen LogP contribution in [-0.4, -0.2) is 37.6 Å². The Morgan fingerprint density at radius 1 is 1.35 bits per heavy atom. The number of nitrogens with one attached hydrogen (secondary N) is 2. The minimum atomic E-state index is 0.459. The number of rotatable bonds is 7. The van der Waals surface area contributed by atoms with E-state index >= 15 is 0 Å². The molecular formula is C16H26ClN3. The molecule has 112 valence electrons. The number of fused-ring (bicyclic) bond motifs is 1. The fraction of sp³-hybridized carbons (Fsp3) is 0.625. The maximum Gasteiger partial charge on any atom is 0.0426 e. The summed E-state index contributed by atoms with van der Waals surface area (Å²) in [6.07, 6.45) is 2.34. The van der Waals surface area contributed by atoms with Gasteiger partial charge in [0, 0.05) is 23.3 Å². The number of halogens is 1. The maximum absolute atomic E-state index is 6.05. The van der Waals surface area contributed by atoms with Gasteiger partial charge in [-0.1, -0.05) is 31.5 Å². The number of hydrogen-bond donors (Lipinski definition) is 2. The van der Waals surface area contributed by atoms with Gasteiger partial charge in [-0.25, -0.2) is 0 Å². The zero-order chi connectivity index (χ0) is 14.4. The van der Waals surface area contributed by atoms with Crippen molar-refractivity contribution in [2.24, 2.45) is 0 Å². The van der Waals surface area contributed by atoms with Crippen LogP contribution in [0.25, 0.3) is 0 Å². The standard InChI is InChI=1S/C16H26ClN3/c1-3-20(4-2)11-5-9-18-15-8-10-19-16-12-13(17)6-7-14(15)16/h6-7,12,15,18-19H,3-5,8-11H2,1-2H3. The summed E-state index contributed by atoms with van der Waals surface area (Å²) in [5.41, 5.74) is 2.54. The lowest BCUT2D eigenvalue weighted by molar-refractivity contribution is 0.295. The monoisotopic (exact) mass is 295 g/mol. The molecule has 2 N–H and O–H groups in total. The predicted molar refractivity (Wildman–Crippen MR) is 87.7 cm³/mol. The molecule has 0 aliphatic carbocycles. The molecule has 1 unspecified atom stereocenters. The van der Waals surface area contributed by atoms with E-state index in [9.17, 15) is 0 Å². The van der Waals surface area contributed by atoms with Crippen molar-refractivity contribution in [3.8, 4) is 0 Å². The number of benzene rings is 1. The molecule has 0 saturated heterocycles. The van der Waals surface area contributed by atoms with Crippen molar-refractivity contribution in [1.29, 1.82) is 0 Å². The van der Waals surface area contributed by atoms with E-state index in [0.29, 0.717) is 6.04 Å². The van der Waals surface area contributed by atoms with E-state index in [1.54, 1.807) is 0 Å². The largest absolute Gasteiger partial charge is 0.385 e. The number of hydrogen-bond acceptors (Lipinski definition) is 3. The molecule has 0 bridgehead atoms. The highest BCUT2D eigenvalue weighted by Crippen LogP contribution is 2.31. The van der Waals surface area contributed by atoms with Crippen molar-refractivity contribution in [3.05, 3.63) is 28.8 Å². The Bertz CT molecular complexity index is 418. The fourth-order valence-electron chi connectivity index (χ4n) is 2.82. The zero-order valence-electron chi connectivity index (χ0n) is 12.6. The van der Waals surface area contributed by atoms with Gasteiger partial charge >= 0.3 is 0 Å². The lowest BCUT2D eigenvalue weighted by Crippen LogP contribution is -2.31. The van der Waals surface area contributed by atoms with Crippen LogP contribution in [0.2, 0.25) is 5.02 Å². The average Bonchev–Trinajstić information content (AvgIpc) is 2.47. The van der Waals surface area contributed by atoms with Crippen LogP contribution < -0.4 is 10.6 Å². The topological polar surface area (TPSA) is 27.3 Å². The van der Waals surface area contributed by atoms with Crippen molar-refractivity contribution in [3.63, 3.8) is 0 Å². The SMILES string of the molecule is CCN(CC)CCCNC1CCNc2cc(Cl)ccc21. The van der Waals surface area contributed by atoms with Crippen LogP contribution in [0.4, 0.5) is 5.69 Å². The minimum Gasteiger partial charge on any atom is -0.385 e. The van der Waals surface area contributed by atoms with E-state index in [1.807, 2.05) is 12.1 Å². The van der Waals surface area contributed by atoms with Gasteiger partial charge in [-0.2, -0.15) is 0 Å². The van der Waals surface area contributed by atoms with Crippen LogP contribution >= 0.6 is 11.6 Å². The Labute approximate surface area is 127 Å². The molecule has 1 aromatic rings. The molecule has 1 aliphatic rings. The molecular weight excluding hydrogens is 270 g/mol. The molecule has 1 aromatic carbocycles. The molecule has 0 radical (unpaired) electrons. The van der Waals surface area contributed by atoms with Crippen LogP contribution in [0.5, 0.6) is 0 Å². The van der Waals surface area contributed by atoms with Crippen LogP contribution in [0.15, 0.2) is 18.2 Å². The Kier molecular flexibility index (Phi) is 6.14. The summed E-state index contributed by atoms with van der Waals surface area (Å²) in [5.74, 6) is 0.